The lowest BCUT2D eigenvalue weighted by Crippen LogP contribution is -2.20. The maximum atomic E-state index is 12.4. The number of hydrogen-bond donors (Lipinski definition) is 1. The minimum Gasteiger partial charge on any atom is -0.508 e. The van der Waals surface area contributed by atoms with E-state index in [1.165, 1.54) is 10.9 Å². The van der Waals surface area contributed by atoms with E-state index in [9.17, 15) is 9.90 Å². The van der Waals surface area contributed by atoms with Crippen LogP contribution >= 0.6 is 0 Å². The van der Waals surface area contributed by atoms with Crippen LogP contribution in [0.2, 0.25) is 0 Å². The third kappa shape index (κ3) is 2.53. The smallest absolute Gasteiger partial charge is 0.282 e. The lowest BCUT2D eigenvalue weighted by atomic mass is 10.2. The van der Waals surface area contributed by atoms with Gasteiger partial charge in [0.05, 0.1) is 17.1 Å². The quantitative estimate of drug-likeness (QED) is 0.732. The molecule has 0 aliphatic rings. The van der Waals surface area contributed by atoms with Gasteiger partial charge in [0.15, 0.2) is 0 Å². The third-order valence-electron chi connectivity index (χ3n) is 3.11. The number of nitrogens with zero attached hydrogens (tertiary/aromatic N) is 3. The van der Waals surface area contributed by atoms with E-state index in [2.05, 4.69) is 10.1 Å². The maximum absolute atomic E-state index is 12.4. The van der Waals surface area contributed by atoms with Gasteiger partial charge in [-0.25, -0.2) is 4.98 Å². The Hall–Kier alpha value is -2.95. The molecular weight excluding hydrogens is 266 g/mol. The Morgan fingerprint density at radius 2 is 2.00 bits per heavy atom. The Bertz CT molecular complexity index is 897. The van der Waals surface area contributed by atoms with Gasteiger partial charge >= 0.3 is 0 Å². The zero-order valence-electron chi connectivity index (χ0n) is 11.4. The van der Waals surface area contributed by atoms with E-state index in [0.717, 1.165) is 0 Å². The Balaban J connectivity index is 2.11. The zero-order valence-corrected chi connectivity index (χ0v) is 11.4. The summed E-state index contributed by atoms with van der Waals surface area (Å²) < 4.78 is 1.26. The minimum absolute atomic E-state index is 0.152. The van der Waals surface area contributed by atoms with E-state index in [1.54, 1.807) is 49.4 Å². The molecule has 5 heteroatoms. The molecule has 0 aliphatic heterocycles. The highest BCUT2D eigenvalue weighted by Crippen LogP contribution is 2.10. The molecule has 3 rings (SSSR count). The number of aromatic hydroxyl groups is 1. The first kappa shape index (κ1) is 13.1. The summed E-state index contributed by atoms with van der Waals surface area (Å²) in [5, 5.41) is 14.1. The predicted octanol–water partition coefficient (Wildman–Crippen LogP) is 2.29. The monoisotopic (exact) mass is 279 g/mol. The molecule has 1 aromatic heterocycles. The molecule has 21 heavy (non-hydrogen) atoms. The van der Waals surface area contributed by atoms with Gasteiger partial charge in [0.25, 0.3) is 5.56 Å². The molecule has 0 saturated carbocycles. The van der Waals surface area contributed by atoms with Crippen LogP contribution in [0.15, 0.2) is 58.4 Å². The lowest BCUT2D eigenvalue weighted by molar-refractivity contribution is 0.475. The van der Waals surface area contributed by atoms with Gasteiger partial charge in [0.1, 0.15) is 11.6 Å². The number of hydrogen-bond acceptors (Lipinski definition) is 4. The maximum Gasteiger partial charge on any atom is 0.282 e. The molecule has 104 valence electrons. The van der Waals surface area contributed by atoms with E-state index in [0.29, 0.717) is 22.3 Å². The molecule has 5 nitrogen and oxygen atoms in total. The Kier molecular flexibility index (Phi) is 3.23. The van der Waals surface area contributed by atoms with Gasteiger partial charge in [-0.3, -0.25) is 4.79 Å². The van der Waals surface area contributed by atoms with Crippen molar-refractivity contribution in [3.05, 3.63) is 70.3 Å². The summed E-state index contributed by atoms with van der Waals surface area (Å²) in [5.41, 5.74) is 1.15. The third-order valence-corrected chi connectivity index (χ3v) is 3.11. The van der Waals surface area contributed by atoms with E-state index < -0.39 is 0 Å². The molecule has 0 saturated heterocycles. The van der Waals surface area contributed by atoms with Crippen molar-refractivity contribution < 1.29 is 5.11 Å². The number of para-hydroxylation sites is 1. The Morgan fingerprint density at radius 1 is 1.19 bits per heavy atom. The van der Waals surface area contributed by atoms with Crippen LogP contribution < -0.4 is 5.56 Å². The molecule has 0 radical (unpaired) electrons. The van der Waals surface area contributed by atoms with Gasteiger partial charge in [-0.05, 0) is 36.8 Å². The fraction of sp³-hybridized carbons (Fsp3) is 0.0625. The van der Waals surface area contributed by atoms with Crippen molar-refractivity contribution in [3.63, 3.8) is 0 Å². The van der Waals surface area contributed by atoms with Crippen molar-refractivity contribution in [2.45, 2.75) is 6.92 Å². The van der Waals surface area contributed by atoms with Crippen LogP contribution in [-0.4, -0.2) is 21.0 Å². The lowest BCUT2D eigenvalue weighted by Gasteiger charge is -2.05. The first-order valence-electron chi connectivity index (χ1n) is 6.47. The zero-order chi connectivity index (χ0) is 14.8. The highest BCUT2D eigenvalue weighted by molar-refractivity contribution is 5.80. The Labute approximate surface area is 120 Å². The van der Waals surface area contributed by atoms with Gasteiger partial charge in [-0.2, -0.15) is 9.78 Å². The second-order valence-electron chi connectivity index (χ2n) is 4.63. The van der Waals surface area contributed by atoms with E-state index >= 15 is 0 Å². The minimum atomic E-state index is -0.213. The van der Waals surface area contributed by atoms with Crippen LogP contribution in [0.4, 0.5) is 0 Å². The molecule has 3 aromatic rings. The standard InChI is InChI=1S/C16H13N3O2/c1-11-18-15-8-3-2-7-14(15)16(21)19(11)17-10-12-5-4-6-13(20)9-12/h2-10,20H,1H3/b17-10-. The van der Waals surface area contributed by atoms with Crippen LogP contribution in [-0.2, 0) is 0 Å². The number of phenols is 1. The molecule has 1 heterocycles. The van der Waals surface area contributed by atoms with Crippen LogP contribution in [0.3, 0.4) is 0 Å². The van der Waals surface area contributed by atoms with Crippen molar-refractivity contribution in [2.75, 3.05) is 0 Å². The van der Waals surface area contributed by atoms with Crippen LogP contribution in [0, 0.1) is 6.92 Å². The summed E-state index contributed by atoms with van der Waals surface area (Å²) in [6, 6.07) is 13.8. The van der Waals surface area contributed by atoms with Crippen molar-refractivity contribution in [1.29, 1.82) is 0 Å². The number of benzene rings is 2. The largest absolute Gasteiger partial charge is 0.508 e. The molecule has 0 unspecified atom stereocenters. The molecule has 0 spiro atoms. The van der Waals surface area contributed by atoms with E-state index in [1.807, 2.05) is 6.07 Å². The van der Waals surface area contributed by atoms with Gasteiger partial charge in [-0.15, -0.1) is 0 Å². The highest BCUT2D eigenvalue weighted by atomic mass is 16.3. The summed E-state index contributed by atoms with van der Waals surface area (Å²) in [6.45, 7) is 1.73. The van der Waals surface area contributed by atoms with Gasteiger partial charge in [0, 0.05) is 0 Å². The summed E-state index contributed by atoms with van der Waals surface area (Å²) >= 11 is 0. The molecule has 0 atom stereocenters. The molecule has 0 fully saturated rings. The molecule has 1 N–H and O–H groups in total. The summed E-state index contributed by atoms with van der Waals surface area (Å²) in [6.07, 6.45) is 1.52. The second-order valence-corrected chi connectivity index (χ2v) is 4.63. The fourth-order valence-corrected chi connectivity index (χ4v) is 2.10. The van der Waals surface area contributed by atoms with Crippen LogP contribution in [0.5, 0.6) is 5.75 Å². The summed E-state index contributed by atoms with van der Waals surface area (Å²) in [4.78, 5) is 16.8. The predicted molar refractivity (Wildman–Crippen MR) is 81.8 cm³/mol. The Morgan fingerprint density at radius 3 is 2.81 bits per heavy atom. The topological polar surface area (TPSA) is 67.5 Å². The first-order chi connectivity index (χ1) is 10.1. The van der Waals surface area contributed by atoms with Gasteiger partial charge in [-0.1, -0.05) is 24.3 Å². The number of phenolic OH excluding ortho intramolecular Hbond substituents is 1. The number of aryl methyl sites for hydroxylation is 1. The average molecular weight is 279 g/mol. The summed E-state index contributed by atoms with van der Waals surface area (Å²) in [5.74, 6) is 0.662. The highest BCUT2D eigenvalue weighted by Gasteiger charge is 2.06. The summed E-state index contributed by atoms with van der Waals surface area (Å²) in [7, 11) is 0. The van der Waals surface area contributed by atoms with Crippen molar-refractivity contribution >= 4 is 17.1 Å². The van der Waals surface area contributed by atoms with Gasteiger partial charge in [0.2, 0.25) is 0 Å². The van der Waals surface area contributed by atoms with Gasteiger partial charge < -0.3 is 5.11 Å². The average Bonchev–Trinajstić information content (AvgIpc) is 2.47. The fourth-order valence-electron chi connectivity index (χ4n) is 2.10. The van der Waals surface area contributed by atoms with Crippen molar-refractivity contribution in [1.82, 2.24) is 9.66 Å². The molecule has 0 aliphatic carbocycles. The first-order valence-corrected chi connectivity index (χ1v) is 6.47. The van der Waals surface area contributed by atoms with Crippen molar-refractivity contribution in [2.24, 2.45) is 5.10 Å². The van der Waals surface area contributed by atoms with Crippen LogP contribution in [0.25, 0.3) is 10.9 Å². The number of rotatable bonds is 2. The normalized spacial score (nSPS) is 11.3. The van der Waals surface area contributed by atoms with E-state index in [-0.39, 0.29) is 11.3 Å². The van der Waals surface area contributed by atoms with Crippen LogP contribution in [0.1, 0.15) is 11.4 Å². The molecule has 0 amide bonds. The number of aromatic nitrogens is 2. The molecular formula is C16H13N3O2. The molecule has 0 bridgehead atoms. The SMILES string of the molecule is Cc1nc2ccccc2c(=O)n1/N=C\c1cccc(O)c1. The van der Waals surface area contributed by atoms with Crippen molar-refractivity contribution in [3.8, 4) is 5.75 Å². The second kappa shape index (κ2) is 5.20. The number of fused-ring (bicyclic) bond motifs is 1. The molecule has 2 aromatic carbocycles. The van der Waals surface area contributed by atoms with E-state index in [4.69, 9.17) is 0 Å².